The summed E-state index contributed by atoms with van der Waals surface area (Å²) >= 11 is 6.02. The molecule has 0 heterocycles. The normalized spacial score (nSPS) is 16.5. The number of nitrogens with two attached hydrogens (primary N) is 1. The summed E-state index contributed by atoms with van der Waals surface area (Å²) in [6, 6.07) is 12.9. The van der Waals surface area contributed by atoms with Crippen LogP contribution in [0.5, 0.6) is 0 Å². The molecule has 1 aliphatic rings. The number of halogens is 1. The molecule has 0 bridgehead atoms. The van der Waals surface area contributed by atoms with Crippen LogP contribution in [0.1, 0.15) is 40.2 Å². The quantitative estimate of drug-likeness (QED) is 0.905. The highest BCUT2D eigenvalue weighted by Crippen LogP contribution is 2.33. The van der Waals surface area contributed by atoms with Crippen LogP contribution < -0.4 is 11.1 Å². The smallest absolute Gasteiger partial charge is 0.252 e. The Hall–Kier alpha value is -2.33. The number of rotatable bonds is 3. The molecule has 1 atom stereocenters. The molecule has 0 spiro atoms. The standard InChI is InChI=1S/C18H17ClN2O2/c19-14-9-4-10-15(16(14)17(20)22)21-18(23)13-8-3-6-11-5-1-2-7-12(11)13/h1-2,4-5,7,9-10,13H,3,6,8H2,(H2,20,22)(H,21,23)/t13-/m1/s1. The number of amides is 2. The van der Waals surface area contributed by atoms with Crippen LogP contribution in [0.25, 0.3) is 0 Å². The van der Waals surface area contributed by atoms with E-state index in [1.54, 1.807) is 18.2 Å². The molecular formula is C18H17ClN2O2. The summed E-state index contributed by atoms with van der Waals surface area (Å²) in [5.41, 5.74) is 8.14. The lowest BCUT2D eigenvalue weighted by Gasteiger charge is -2.25. The lowest BCUT2D eigenvalue weighted by atomic mass is 9.82. The van der Waals surface area contributed by atoms with Crippen molar-refractivity contribution in [3.05, 3.63) is 64.2 Å². The number of fused-ring (bicyclic) bond motifs is 1. The molecule has 0 radical (unpaired) electrons. The summed E-state index contributed by atoms with van der Waals surface area (Å²) < 4.78 is 0. The van der Waals surface area contributed by atoms with E-state index in [1.807, 2.05) is 18.2 Å². The van der Waals surface area contributed by atoms with Crippen molar-refractivity contribution in [1.29, 1.82) is 0 Å². The molecule has 2 aromatic carbocycles. The van der Waals surface area contributed by atoms with Crippen molar-refractivity contribution in [2.24, 2.45) is 5.73 Å². The predicted octanol–water partition coefficient (Wildman–Crippen LogP) is 3.50. The molecular weight excluding hydrogens is 312 g/mol. The molecule has 1 aliphatic carbocycles. The van der Waals surface area contributed by atoms with E-state index in [-0.39, 0.29) is 22.4 Å². The molecule has 2 amide bonds. The molecule has 118 valence electrons. The second kappa shape index (κ2) is 6.42. The maximum atomic E-state index is 12.7. The van der Waals surface area contributed by atoms with E-state index in [1.165, 1.54) is 5.56 Å². The molecule has 0 aliphatic heterocycles. The van der Waals surface area contributed by atoms with Gasteiger partial charge in [-0.1, -0.05) is 41.9 Å². The Morgan fingerprint density at radius 1 is 1.13 bits per heavy atom. The van der Waals surface area contributed by atoms with E-state index in [0.29, 0.717) is 5.69 Å². The first kappa shape index (κ1) is 15.6. The van der Waals surface area contributed by atoms with Crippen LogP contribution in [-0.4, -0.2) is 11.8 Å². The second-order valence-electron chi connectivity index (χ2n) is 5.66. The van der Waals surface area contributed by atoms with Gasteiger partial charge in [0.1, 0.15) is 0 Å². The molecule has 2 aromatic rings. The van der Waals surface area contributed by atoms with Crippen molar-refractivity contribution >= 4 is 29.1 Å². The third-order valence-electron chi connectivity index (χ3n) is 4.20. The number of hydrogen-bond acceptors (Lipinski definition) is 2. The number of aryl methyl sites for hydroxylation is 1. The Labute approximate surface area is 139 Å². The summed E-state index contributed by atoms with van der Waals surface area (Å²) in [5.74, 6) is -1.02. The van der Waals surface area contributed by atoms with Gasteiger partial charge < -0.3 is 11.1 Å². The summed E-state index contributed by atoms with van der Waals surface area (Å²) in [7, 11) is 0. The summed E-state index contributed by atoms with van der Waals surface area (Å²) in [5, 5.41) is 3.05. The topological polar surface area (TPSA) is 72.2 Å². The molecule has 0 saturated carbocycles. The minimum Gasteiger partial charge on any atom is -0.365 e. The second-order valence-corrected chi connectivity index (χ2v) is 6.07. The zero-order valence-electron chi connectivity index (χ0n) is 12.5. The Bertz CT molecular complexity index is 773. The first-order chi connectivity index (χ1) is 11.1. The largest absolute Gasteiger partial charge is 0.365 e. The monoisotopic (exact) mass is 328 g/mol. The predicted molar refractivity (Wildman–Crippen MR) is 90.7 cm³/mol. The maximum absolute atomic E-state index is 12.7. The lowest BCUT2D eigenvalue weighted by Crippen LogP contribution is -2.26. The fourth-order valence-electron chi connectivity index (χ4n) is 3.12. The van der Waals surface area contributed by atoms with Gasteiger partial charge in [0.2, 0.25) is 5.91 Å². The van der Waals surface area contributed by atoms with Crippen LogP contribution in [0.2, 0.25) is 5.02 Å². The van der Waals surface area contributed by atoms with Gasteiger partial charge in [0.05, 0.1) is 22.2 Å². The maximum Gasteiger partial charge on any atom is 0.252 e. The van der Waals surface area contributed by atoms with Crippen LogP contribution in [0, 0.1) is 0 Å². The summed E-state index contributed by atoms with van der Waals surface area (Å²) in [6.45, 7) is 0. The minimum atomic E-state index is -0.657. The fourth-order valence-corrected chi connectivity index (χ4v) is 3.39. The van der Waals surface area contributed by atoms with E-state index in [9.17, 15) is 9.59 Å². The van der Waals surface area contributed by atoms with Gasteiger partial charge >= 0.3 is 0 Å². The van der Waals surface area contributed by atoms with E-state index in [0.717, 1.165) is 24.8 Å². The summed E-state index contributed by atoms with van der Waals surface area (Å²) in [4.78, 5) is 24.3. The Balaban J connectivity index is 1.90. The number of primary amides is 1. The number of anilines is 1. The van der Waals surface area contributed by atoms with Gasteiger partial charge in [0.25, 0.3) is 5.91 Å². The van der Waals surface area contributed by atoms with Crippen molar-refractivity contribution in [3.63, 3.8) is 0 Å². The van der Waals surface area contributed by atoms with Gasteiger partial charge in [-0.05, 0) is 42.5 Å². The molecule has 4 nitrogen and oxygen atoms in total. The van der Waals surface area contributed by atoms with Crippen molar-refractivity contribution in [2.45, 2.75) is 25.2 Å². The van der Waals surface area contributed by atoms with Crippen molar-refractivity contribution in [3.8, 4) is 0 Å². The van der Waals surface area contributed by atoms with Crippen LogP contribution in [-0.2, 0) is 11.2 Å². The Morgan fingerprint density at radius 2 is 1.91 bits per heavy atom. The van der Waals surface area contributed by atoms with Crippen LogP contribution >= 0.6 is 11.6 Å². The van der Waals surface area contributed by atoms with E-state index in [2.05, 4.69) is 11.4 Å². The van der Waals surface area contributed by atoms with Crippen molar-refractivity contribution in [1.82, 2.24) is 0 Å². The molecule has 3 N–H and O–H groups in total. The number of carbonyl (C=O) groups excluding carboxylic acids is 2. The molecule has 0 saturated heterocycles. The molecule has 23 heavy (non-hydrogen) atoms. The van der Waals surface area contributed by atoms with Crippen LogP contribution in [0.15, 0.2) is 42.5 Å². The Morgan fingerprint density at radius 3 is 2.70 bits per heavy atom. The molecule has 3 rings (SSSR count). The molecule has 5 heteroatoms. The summed E-state index contributed by atoms with van der Waals surface area (Å²) in [6.07, 6.45) is 2.74. The van der Waals surface area contributed by atoms with Gasteiger partial charge in [-0.15, -0.1) is 0 Å². The van der Waals surface area contributed by atoms with Crippen molar-refractivity contribution in [2.75, 3.05) is 5.32 Å². The highest BCUT2D eigenvalue weighted by atomic mass is 35.5. The van der Waals surface area contributed by atoms with Gasteiger partial charge in [-0.25, -0.2) is 0 Å². The van der Waals surface area contributed by atoms with Gasteiger partial charge in [-0.3, -0.25) is 9.59 Å². The average Bonchev–Trinajstić information content (AvgIpc) is 2.54. The van der Waals surface area contributed by atoms with Gasteiger partial charge in [0.15, 0.2) is 0 Å². The van der Waals surface area contributed by atoms with Crippen LogP contribution in [0.3, 0.4) is 0 Å². The first-order valence-corrected chi connectivity index (χ1v) is 7.92. The van der Waals surface area contributed by atoms with Crippen molar-refractivity contribution < 1.29 is 9.59 Å². The lowest BCUT2D eigenvalue weighted by molar-refractivity contribution is -0.117. The minimum absolute atomic E-state index is 0.137. The number of hydrogen-bond donors (Lipinski definition) is 2. The number of benzene rings is 2. The highest BCUT2D eigenvalue weighted by Gasteiger charge is 2.27. The fraction of sp³-hybridized carbons (Fsp3) is 0.222. The number of carbonyl (C=O) groups is 2. The van der Waals surface area contributed by atoms with E-state index in [4.69, 9.17) is 17.3 Å². The van der Waals surface area contributed by atoms with Gasteiger partial charge in [0, 0.05) is 0 Å². The number of nitrogens with one attached hydrogen (secondary N) is 1. The third-order valence-corrected chi connectivity index (χ3v) is 4.52. The average molecular weight is 329 g/mol. The third kappa shape index (κ3) is 3.08. The molecule has 0 aromatic heterocycles. The van der Waals surface area contributed by atoms with E-state index < -0.39 is 5.91 Å². The van der Waals surface area contributed by atoms with Crippen LogP contribution in [0.4, 0.5) is 5.69 Å². The zero-order valence-corrected chi connectivity index (χ0v) is 13.3. The molecule has 0 fully saturated rings. The highest BCUT2D eigenvalue weighted by molar-refractivity contribution is 6.34. The SMILES string of the molecule is NC(=O)c1c(Cl)cccc1NC(=O)[C@@H]1CCCc2ccccc21. The Kier molecular flexibility index (Phi) is 4.35. The first-order valence-electron chi connectivity index (χ1n) is 7.55. The van der Waals surface area contributed by atoms with Gasteiger partial charge in [-0.2, -0.15) is 0 Å². The zero-order chi connectivity index (χ0) is 16.4. The molecule has 0 unspecified atom stereocenters. The van der Waals surface area contributed by atoms with E-state index >= 15 is 0 Å².